The zero-order valence-corrected chi connectivity index (χ0v) is 10.9. The summed E-state index contributed by atoms with van der Waals surface area (Å²) >= 11 is 0. The quantitative estimate of drug-likeness (QED) is 0.648. The van der Waals surface area contributed by atoms with Crippen molar-refractivity contribution in [2.24, 2.45) is 0 Å². The van der Waals surface area contributed by atoms with Crippen molar-refractivity contribution in [3.8, 4) is 0 Å². The lowest BCUT2D eigenvalue weighted by molar-refractivity contribution is -0.140. The molecule has 106 valence electrons. The maximum atomic E-state index is 11.8. The summed E-state index contributed by atoms with van der Waals surface area (Å²) in [5, 5.41) is 23.7. The summed E-state index contributed by atoms with van der Waals surface area (Å²) in [5.41, 5.74) is 1.48. The Balaban J connectivity index is 2.31. The van der Waals surface area contributed by atoms with Crippen molar-refractivity contribution in [1.82, 2.24) is 24.9 Å². The number of aryl methyl sites for hydroxylation is 2. The van der Waals surface area contributed by atoms with Crippen LogP contribution in [0.2, 0.25) is 0 Å². The number of carboxylic acid groups (broad SMARTS) is 1. The van der Waals surface area contributed by atoms with E-state index in [9.17, 15) is 9.59 Å². The van der Waals surface area contributed by atoms with Crippen LogP contribution < -0.4 is 5.32 Å². The van der Waals surface area contributed by atoms with Crippen LogP contribution in [0.15, 0.2) is 6.07 Å². The number of aliphatic hydroxyl groups excluding tert-OH is 1. The molecule has 0 saturated heterocycles. The van der Waals surface area contributed by atoms with Gasteiger partial charge in [0.15, 0.2) is 6.04 Å². The van der Waals surface area contributed by atoms with Crippen molar-refractivity contribution in [2.75, 3.05) is 6.61 Å². The number of hydrogen-bond donors (Lipinski definition) is 3. The standard InChI is InChI=1S/C11H13N5O4/c1-5-3-6(2)16-11(12-5)14-8(15-16)9(18)13-7(4-17)10(19)20/h3,7,17H,4H2,1-2H3,(H,13,18)(H,19,20)/t7-/m1/s1. The highest BCUT2D eigenvalue weighted by Gasteiger charge is 2.22. The highest BCUT2D eigenvalue weighted by atomic mass is 16.4. The van der Waals surface area contributed by atoms with Crippen LogP contribution in [0, 0.1) is 13.8 Å². The molecule has 0 saturated carbocycles. The molecule has 9 nitrogen and oxygen atoms in total. The van der Waals surface area contributed by atoms with Crippen LogP contribution in [-0.2, 0) is 4.79 Å². The summed E-state index contributed by atoms with van der Waals surface area (Å²) in [5.74, 6) is -2.07. The molecule has 1 amide bonds. The van der Waals surface area contributed by atoms with Crippen LogP contribution in [-0.4, -0.2) is 54.3 Å². The van der Waals surface area contributed by atoms with E-state index in [1.165, 1.54) is 4.52 Å². The van der Waals surface area contributed by atoms with Crippen LogP contribution in [0.3, 0.4) is 0 Å². The molecule has 20 heavy (non-hydrogen) atoms. The average molecular weight is 279 g/mol. The molecule has 0 aromatic carbocycles. The smallest absolute Gasteiger partial charge is 0.328 e. The monoisotopic (exact) mass is 279 g/mol. The summed E-state index contributed by atoms with van der Waals surface area (Å²) in [4.78, 5) is 30.6. The Morgan fingerprint density at radius 3 is 2.70 bits per heavy atom. The Morgan fingerprint density at radius 2 is 2.10 bits per heavy atom. The number of aromatic nitrogens is 4. The molecule has 2 aromatic rings. The van der Waals surface area contributed by atoms with Crippen molar-refractivity contribution in [2.45, 2.75) is 19.9 Å². The number of hydrogen-bond acceptors (Lipinski definition) is 6. The van der Waals surface area contributed by atoms with Crippen LogP contribution in [0.1, 0.15) is 22.0 Å². The molecule has 2 aromatic heterocycles. The van der Waals surface area contributed by atoms with E-state index in [2.05, 4.69) is 20.4 Å². The third-order valence-corrected chi connectivity index (χ3v) is 2.61. The predicted molar refractivity (Wildman–Crippen MR) is 66.2 cm³/mol. The van der Waals surface area contributed by atoms with E-state index in [0.717, 1.165) is 11.4 Å². The number of carbonyl (C=O) groups is 2. The van der Waals surface area contributed by atoms with Crippen molar-refractivity contribution in [3.63, 3.8) is 0 Å². The van der Waals surface area contributed by atoms with Crippen molar-refractivity contribution >= 4 is 17.7 Å². The molecule has 0 spiro atoms. The molecular weight excluding hydrogens is 266 g/mol. The molecule has 0 unspecified atom stereocenters. The molecule has 0 aliphatic heterocycles. The lowest BCUT2D eigenvalue weighted by Gasteiger charge is -2.09. The van der Waals surface area contributed by atoms with E-state index < -0.39 is 24.5 Å². The third-order valence-electron chi connectivity index (χ3n) is 2.61. The van der Waals surface area contributed by atoms with Gasteiger partial charge in [0.05, 0.1) is 6.61 Å². The number of rotatable bonds is 4. The molecule has 1 atom stereocenters. The molecule has 9 heteroatoms. The molecule has 0 aliphatic carbocycles. The molecule has 2 rings (SSSR count). The van der Waals surface area contributed by atoms with Crippen molar-refractivity contribution in [1.29, 1.82) is 0 Å². The first-order valence-corrected chi connectivity index (χ1v) is 5.78. The van der Waals surface area contributed by atoms with Gasteiger partial charge in [-0.2, -0.15) is 4.98 Å². The lowest BCUT2D eigenvalue weighted by Crippen LogP contribution is -2.43. The fourth-order valence-electron chi connectivity index (χ4n) is 1.67. The van der Waals surface area contributed by atoms with E-state index >= 15 is 0 Å². The van der Waals surface area contributed by atoms with Gasteiger partial charge >= 0.3 is 5.97 Å². The summed E-state index contributed by atoms with van der Waals surface area (Å²) in [6.45, 7) is 2.85. The first-order chi connectivity index (χ1) is 9.42. The summed E-state index contributed by atoms with van der Waals surface area (Å²) in [7, 11) is 0. The Kier molecular flexibility index (Phi) is 3.61. The topological polar surface area (TPSA) is 130 Å². The Bertz CT molecular complexity index is 681. The van der Waals surface area contributed by atoms with Gasteiger partial charge in [0.2, 0.25) is 5.82 Å². The fraction of sp³-hybridized carbons (Fsp3) is 0.364. The number of carbonyl (C=O) groups excluding carboxylic acids is 1. The van der Waals surface area contributed by atoms with Crippen LogP contribution in [0.4, 0.5) is 0 Å². The van der Waals surface area contributed by atoms with Gasteiger partial charge < -0.3 is 15.5 Å². The summed E-state index contributed by atoms with van der Waals surface area (Å²) < 4.78 is 1.39. The van der Waals surface area contributed by atoms with Gasteiger partial charge in [0, 0.05) is 11.4 Å². The molecule has 0 aliphatic rings. The normalized spacial score (nSPS) is 12.3. The number of carboxylic acids is 1. The molecule has 0 radical (unpaired) electrons. The van der Waals surface area contributed by atoms with E-state index in [0.29, 0.717) is 0 Å². The zero-order valence-electron chi connectivity index (χ0n) is 10.9. The highest BCUT2D eigenvalue weighted by Crippen LogP contribution is 2.05. The molecule has 0 bridgehead atoms. The zero-order chi connectivity index (χ0) is 14.9. The van der Waals surface area contributed by atoms with E-state index in [4.69, 9.17) is 10.2 Å². The highest BCUT2D eigenvalue weighted by molar-refractivity contribution is 5.93. The van der Waals surface area contributed by atoms with Gasteiger partial charge in [-0.1, -0.05) is 0 Å². The molecule has 3 N–H and O–H groups in total. The first-order valence-electron chi connectivity index (χ1n) is 5.78. The first kappa shape index (κ1) is 13.9. The van der Waals surface area contributed by atoms with Gasteiger partial charge in [0.25, 0.3) is 11.7 Å². The molecule has 0 fully saturated rings. The molecule has 2 heterocycles. The Hall–Kier alpha value is -2.55. The summed E-state index contributed by atoms with van der Waals surface area (Å²) in [6, 6.07) is 0.377. The largest absolute Gasteiger partial charge is 0.480 e. The van der Waals surface area contributed by atoms with Gasteiger partial charge in [-0.25, -0.2) is 14.3 Å². The predicted octanol–water partition coefficient (Wildman–Crippen LogP) is -1.08. The maximum absolute atomic E-state index is 11.8. The second kappa shape index (κ2) is 5.21. The minimum Gasteiger partial charge on any atom is -0.480 e. The average Bonchev–Trinajstić information content (AvgIpc) is 2.79. The number of nitrogens with zero attached hydrogens (tertiary/aromatic N) is 4. The van der Waals surface area contributed by atoms with Gasteiger partial charge in [-0.3, -0.25) is 4.79 Å². The van der Waals surface area contributed by atoms with Gasteiger partial charge in [-0.15, -0.1) is 5.10 Å². The lowest BCUT2D eigenvalue weighted by atomic mass is 10.3. The number of aliphatic carboxylic acids is 1. The van der Waals surface area contributed by atoms with Crippen LogP contribution in [0.25, 0.3) is 5.78 Å². The Labute approximate surface area is 113 Å². The minimum absolute atomic E-state index is 0.203. The second-order valence-electron chi connectivity index (χ2n) is 4.23. The number of fused-ring (bicyclic) bond motifs is 1. The van der Waals surface area contributed by atoms with E-state index in [1.807, 2.05) is 0 Å². The van der Waals surface area contributed by atoms with Gasteiger partial charge in [-0.05, 0) is 19.9 Å². The van der Waals surface area contributed by atoms with Crippen LogP contribution >= 0.6 is 0 Å². The fourth-order valence-corrected chi connectivity index (χ4v) is 1.67. The maximum Gasteiger partial charge on any atom is 0.328 e. The van der Waals surface area contributed by atoms with E-state index in [-0.39, 0.29) is 11.6 Å². The van der Waals surface area contributed by atoms with Crippen molar-refractivity contribution in [3.05, 3.63) is 23.3 Å². The van der Waals surface area contributed by atoms with Crippen molar-refractivity contribution < 1.29 is 19.8 Å². The third kappa shape index (κ3) is 2.57. The minimum atomic E-state index is -1.40. The molecular formula is C11H13N5O4. The van der Waals surface area contributed by atoms with E-state index in [1.54, 1.807) is 19.9 Å². The summed E-state index contributed by atoms with van der Waals surface area (Å²) in [6.07, 6.45) is 0. The van der Waals surface area contributed by atoms with Crippen LogP contribution in [0.5, 0.6) is 0 Å². The van der Waals surface area contributed by atoms with Gasteiger partial charge in [0.1, 0.15) is 0 Å². The second-order valence-corrected chi connectivity index (χ2v) is 4.23. The SMILES string of the molecule is Cc1cc(C)n2nc(C(=O)N[C@H](CO)C(=O)O)nc2n1. The number of amides is 1. The number of nitrogens with one attached hydrogen (secondary N) is 1. The number of aliphatic hydroxyl groups is 1. The Morgan fingerprint density at radius 1 is 1.40 bits per heavy atom.